The minimum atomic E-state index is -0.342. The van der Waals surface area contributed by atoms with Crippen molar-refractivity contribution >= 4 is 45.5 Å². The molecule has 0 aliphatic heterocycles. The predicted molar refractivity (Wildman–Crippen MR) is 155 cm³/mol. The standard InChI is InChI=1S/C30H27ClFN5O3/c1-3-39-28-15-25-23(14-26(28)37-29(38)8-5-11-34-2)30(20(16-33)17-35-25)36-22-9-10-27(24(31)13-22)40-18-19-6-4-7-21(32)12-19/h4-10,12-15,17,34H,3,11,18H2,1-2H3,(H,35,36)(H,37,38). The second-order valence-corrected chi connectivity index (χ2v) is 9.00. The third-order valence-corrected chi connectivity index (χ3v) is 6.02. The number of rotatable bonds is 11. The molecule has 0 atom stereocenters. The molecular formula is C30H27ClFN5O3. The van der Waals surface area contributed by atoms with Crippen molar-refractivity contribution in [2.24, 2.45) is 0 Å². The first-order valence-electron chi connectivity index (χ1n) is 12.5. The Labute approximate surface area is 236 Å². The molecule has 10 heteroatoms. The van der Waals surface area contributed by atoms with Crippen molar-refractivity contribution in [3.05, 3.63) is 94.9 Å². The van der Waals surface area contributed by atoms with Gasteiger partial charge in [0.1, 0.15) is 30.0 Å². The maximum absolute atomic E-state index is 13.5. The molecule has 0 bridgehead atoms. The molecule has 0 aliphatic rings. The fraction of sp³-hybridized carbons (Fsp3) is 0.167. The number of halogens is 2. The first kappa shape index (κ1) is 28.4. The van der Waals surface area contributed by atoms with E-state index in [2.05, 4.69) is 27.0 Å². The SMILES string of the molecule is CCOc1cc2ncc(C#N)c(Nc3ccc(OCc4cccc(F)c4)c(Cl)c3)c2cc1NC(=O)C=CCNC. The van der Waals surface area contributed by atoms with E-state index in [0.717, 1.165) is 0 Å². The molecule has 0 saturated heterocycles. The quantitative estimate of drug-likeness (QED) is 0.184. The number of hydrogen-bond donors (Lipinski definition) is 3. The van der Waals surface area contributed by atoms with Crippen LogP contribution < -0.4 is 25.4 Å². The van der Waals surface area contributed by atoms with Gasteiger partial charge in [0.05, 0.1) is 34.1 Å². The van der Waals surface area contributed by atoms with E-state index in [1.165, 1.54) is 24.4 Å². The Morgan fingerprint density at radius 3 is 2.73 bits per heavy atom. The van der Waals surface area contributed by atoms with E-state index < -0.39 is 0 Å². The van der Waals surface area contributed by atoms with E-state index in [9.17, 15) is 14.4 Å². The fourth-order valence-corrected chi connectivity index (χ4v) is 4.13. The summed E-state index contributed by atoms with van der Waals surface area (Å²) in [4.78, 5) is 16.9. The van der Waals surface area contributed by atoms with Gasteiger partial charge in [0.2, 0.25) is 5.91 Å². The van der Waals surface area contributed by atoms with Crippen molar-refractivity contribution in [1.82, 2.24) is 10.3 Å². The molecular weight excluding hydrogens is 533 g/mol. The number of nitrogens with zero attached hydrogens (tertiary/aromatic N) is 2. The van der Waals surface area contributed by atoms with Gasteiger partial charge in [0, 0.05) is 36.0 Å². The summed E-state index contributed by atoms with van der Waals surface area (Å²) in [5, 5.41) is 19.8. The van der Waals surface area contributed by atoms with E-state index in [-0.39, 0.29) is 18.3 Å². The van der Waals surface area contributed by atoms with Gasteiger partial charge in [-0.2, -0.15) is 5.26 Å². The van der Waals surface area contributed by atoms with Crippen LogP contribution in [-0.4, -0.2) is 31.1 Å². The number of amides is 1. The minimum Gasteiger partial charge on any atom is -0.492 e. The van der Waals surface area contributed by atoms with Crippen LogP contribution in [0, 0.1) is 17.1 Å². The molecule has 8 nitrogen and oxygen atoms in total. The number of carbonyl (C=O) groups is 1. The zero-order chi connectivity index (χ0) is 28.5. The molecule has 204 valence electrons. The molecule has 3 aromatic carbocycles. The Morgan fingerprint density at radius 2 is 2.00 bits per heavy atom. The molecule has 0 fully saturated rings. The summed E-state index contributed by atoms with van der Waals surface area (Å²) in [6, 6.07) is 16.8. The van der Waals surface area contributed by atoms with Crippen LogP contribution in [0.5, 0.6) is 11.5 Å². The van der Waals surface area contributed by atoms with E-state index in [4.69, 9.17) is 21.1 Å². The minimum absolute atomic E-state index is 0.151. The highest BCUT2D eigenvalue weighted by Gasteiger charge is 2.16. The summed E-state index contributed by atoms with van der Waals surface area (Å²) in [7, 11) is 1.79. The molecule has 3 N–H and O–H groups in total. The molecule has 4 rings (SSSR count). The van der Waals surface area contributed by atoms with Crippen LogP contribution in [0.15, 0.2) is 72.9 Å². The molecule has 0 aliphatic carbocycles. The van der Waals surface area contributed by atoms with E-state index in [1.807, 2.05) is 6.92 Å². The van der Waals surface area contributed by atoms with Crippen LogP contribution in [-0.2, 0) is 11.4 Å². The number of benzene rings is 3. The second-order valence-electron chi connectivity index (χ2n) is 8.60. The zero-order valence-electron chi connectivity index (χ0n) is 21.9. The van der Waals surface area contributed by atoms with Crippen LogP contribution in [0.2, 0.25) is 5.02 Å². The van der Waals surface area contributed by atoms with Crippen LogP contribution in [0.1, 0.15) is 18.1 Å². The molecule has 1 heterocycles. The van der Waals surface area contributed by atoms with Crippen molar-refractivity contribution in [1.29, 1.82) is 5.26 Å². The number of anilines is 3. The second kappa shape index (κ2) is 13.4. The zero-order valence-corrected chi connectivity index (χ0v) is 22.7. The summed E-state index contributed by atoms with van der Waals surface area (Å²) in [6.07, 6.45) is 4.60. The third kappa shape index (κ3) is 7.05. The molecule has 0 radical (unpaired) electrons. The van der Waals surface area contributed by atoms with Gasteiger partial charge < -0.3 is 25.4 Å². The van der Waals surface area contributed by atoms with Gasteiger partial charge in [-0.1, -0.05) is 29.8 Å². The molecule has 1 amide bonds. The monoisotopic (exact) mass is 559 g/mol. The molecule has 40 heavy (non-hydrogen) atoms. The number of likely N-dealkylation sites (N-methyl/N-ethyl adjacent to an activating group) is 1. The third-order valence-electron chi connectivity index (χ3n) is 5.72. The highest BCUT2D eigenvalue weighted by atomic mass is 35.5. The van der Waals surface area contributed by atoms with Gasteiger partial charge in [-0.25, -0.2) is 4.39 Å². The maximum Gasteiger partial charge on any atom is 0.248 e. The van der Waals surface area contributed by atoms with Crippen molar-refractivity contribution in [3.63, 3.8) is 0 Å². The number of nitriles is 1. The van der Waals surface area contributed by atoms with Crippen LogP contribution in [0.25, 0.3) is 10.9 Å². The van der Waals surface area contributed by atoms with Gasteiger partial charge in [0.15, 0.2) is 0 Å². The molecule has 4 aromatic rings. The highest BCUT2D eigenvalue weighted by Crippen LogP contribution is 2.37. The van der Waals surface area contributed by atoms with Crippen LogP contribution in [0.3, 0.4) is 0 Å². The summed E-state index contributed by atoms with van der Waals surface area (Å²) in [5.74, 6) is 0.215. The average Bonchev–Trinajstić information content (AvgIpc) is 2.93. The molecule has 0 spiro atoms. The van der Waals surface area contributed by atoms with Gasteiger partial charge in [-0.05, 0) is 55.9 Å². The molecule has 0 unspecified atom stereocenters. The van der Waals surface area contributed by atoms with E-state index in [1.54, 1.807) is 55.6 Å². The number of nitrogens with one attached hydrogen (secondary N) is 3. The van der Waals surface area contributed by atoms with Crippen LogP contribution in [0.4, 0.5) is 21.5 Å². The lowest BCUT2D eigenvalue weighted by Gasteiger charge is -2.16. The Kier molecular flexibility index (Phi) is 9.52. The topological polar surface area (TPSA) is 108 Å². The number of carbonyl (C=O) groups excluding carboxylic acids is 1. The average molecular weight is 560 g/mol. The van der Waals surface area contributed by atoms with Crippen molar-refractivity contribution in [3.8, 4) is 17.6 Å². The summed E-state index contributed by atoms with van der Waals surface area (Å²) in [5.41, 5.74) is 3.06. The number of fused-ring (bicyclic) bond motifs is 1. The highest BCUT2D eigenvalue weighted by molar-refractivity contribution is 6.32. The first-order chi connectivity index (χ1) is 19.4. The Balaban J connectivity index is 1.64. The Bertz CT molecular complexity index is 1600. The van der Waals surface area contributed by atoms with Crippen molar-refractivity contribution in [2.45, 2.75) is 13.5 Å². The number of pyridine rings is 1. The molecule has 1 aromatic heterocycles. The first-order valence-corrected chi connectivity index (χ1v) is 12.8. The van der Waals surface area contributed by atoms with Crippen molar-refractivity contribution in [2.75, 3.05) is 30.8 Å². The lowest BCUT2D eigenvalue weighted by Crippen LogP contribution is -2.11. The Hall–Kier alpha value is -4.65. The van der Waals surface area contributed by atoms with Crippen LogP contribution >= 0.6 is 11.6 Å². The van der Waals surface area contributed by atoms with Gasteiger partial charge in [-0.3, -0.25) is 9.78 Å². The number of ether oxygens (including phenoxy) is 2. The number of aromatic nitrogens is 1. The van der Waals surface area contributed by atoms with E-state index in [0.29, 0.717) is 68.8 Å². The lowest BCUT2D eigenvalue weighted by atomic mass is 10.1. The van der Waals surface area contributed by atoms with E-state index >= 15 is 0 Å². The van der Waals surface area contributed by atoms with Crippen molar-refractivity contribution < 1.29 is 18.7 Å². The Morgan fingerprint density at radius 1 is 1.15 bits per heavy atom. The van der Waals surface area contributed by atoms with Gasteiger partial charge >= 0.3 is 0 Å². The van der Waals surface area contributed by atoms with Gasteiger partial charge in [-0.15, -0.1) is 0 Å². The maximum atomic E-state index is 13.5. The summed E-state index contributed by atoms with van der Waals surface area (Å²) >= 11 is 6.48. The largest absolute Gasteiger partial charge is 0.492 e. The fourth-order valence-electron chi connectivity index (χ4n) is 3.90. The normalized spacial score (nSPS) is 10.9. The summed E-state index contributed by atoms with van der Waals surface area (Å²) < 4.78 is 25.0. The number of hydrogen-bond acceptors (Lipinski definition) is 7. The smallest absolute Gasteiger partial charge is 0.248 e. The lowest BCUT2D eigenvalue weighted by molar-refractivity contribution is -0.111. The summed E-state index contributed by atoms with van der Waals surface area (Å²) in [6.45, 7) is 2.93. The predicted octanol–water partition coefficient (Wildman–Crippen LogP) is 6.33. The molecule has 0 saturated carbocycles. The van der Waals surface area contributed by atoms with Gasteiger partial charge in [0.25, 0.3) is 0 Å².